The third kappa shape index (κ3) is 2.63. The van der Waals surface area contributed by atoms with Gasteiger partial charge in [-0.05, 0) is 38.1 Å². The Morgan fingerprint density at radius 2 is 2.45 bits per heavy atom. The summed E-state index contributed by atoms with van der Waals surface area (Å²) >= 11 is 3.24. The first kappa shape index (κ1) is 9.32. The molecule has 0 saturated carbocycles. The first-order valence-electron chi connectivity index (χ1n) is 2.61. The van der Waals surface area contributed by atoms with E-state index in [-0.39, 0.29) is 0 Å². The van der Waals surface area contributed by atoms with Crippen LogP contribution < -0.4 is 5.14 Å². The highest BCUT2D eigenvalue weighted by atomic mass is 127. The van der Waals surface area contributed by atoms with Gasteiger partial charge in [0.15, 0.2) is 5.76 Å². The Bertz CT molecular complexity index is 288. The van der Waals surface area contributed by atoms with E-state index in [1.807, 2.05) is 0 Å². The van der Waals surface area contributed by atoms with Gasteiger partial charge in [-0.2, -0.15) is 0 Å². The largest absolute Gasteiger partial charge is 0.455 e. The molecule has 0 amide bonds. The molecule has 0 aromatic carbocycles. The molecule has 0 spiro atoms. The molecule has 1 aromatic rings. The zero-order valence-electron chi connectivity index (χ0n) is 5.33. The van der Waals surface area contributed by atoms with Gasteiger partial charge in [-0.1, -0.05) is 0 Å². The molecule has 0 unspecified atom stereocenters. The van der Waals surface area contributed by atoms with Gasteiger partial charge in [-0.15, -0.1) is 0 Å². The van der Waals surface area contributed by atoms with Gasteiger partial charge in [0.25, 0.3) is 0 Å². The first-order chi connectivity index (χ1) is 5.38. The van der Waals surface area contributed by atoms with Crippen molar-refractivity contribution in [2.75, 3.05) is 0 Å². The Balaban J connectivity index is 2.84. The molecule has 58 valence electrons. The maximum atomic E-state index is 5.35. The van der Waals surface area contributed by atoms with Crippen LogP contribution in [-0.4, -0.2) is 0 Å². The molecule has 0 aliphatic carbocycles. The predicted octanol–water partition coefficient (Wildman–Crippen LogP) is 2.64. The summed E-state index contributed by atoms with van der Waals surface area (Å²) in [6, 6.07) is 1.80. The molecule has 0 aliphatic rings. The monoisotopic (exact) mass is 297 g/mol. The second-order valence-electron chi connectivity index (χ2n) is 1.54. The molecule has 0 saturated heterocycles. The van der Waals surface area contributed by atoms with Crippen molar-refractivity contribution in [3.63, 3.8) is 0 Å². The number of hydrogen-bond donors (Lipinski definition) is 1. The SMILES string of the molecule is NSc1ccoc1C#CSI. The summed E-state index contributed by atoms with van der Waals surface area (Å²) in [4.78, 5) is 0.878. The van der Waals surface area contributed by atoms with E-state index in [2.05, 4.69) is 32.4 Å². The lowest BCUT2D eigenvalue weighted by atomic mass is 10.5. The van der Waals surface area contributed by atoms with Gasteiger partial charge in [0, 0.05) is 21.2 Å². The predicted molar refractivity (Wildman–Crippen MR) is 57.2 cm³/mol. The van der Waals surface area contributed by atoms with E-state index in [0.29, 0.717) is 5.76 Å². The normalized spacial score (nSPS) is 8.91. The smallest absolute Gasteiger partial charge is 0.192 e. The lowest BCUT2D eigenvalue weighted by molar-refractivity contribution is 0.548. The number of furan rings is 1. The van der Waals surface area contributed by atoms with Crippen molar-refractivity contribution < 1.29 is 4.42 Å². The van der Waals surface area contributed by atoms with E-state index in [0.717, 1.165) is 16.8 Å². The molecule has 1 heterocycles. The fourth-order valence-corrected chi connectivity index (χ4v) is 1.35. The highest BCUT2D eigenvalue weighted by molar-refractivity contribution is 14.2. The zero-order valence-corrected chi connectivity index (χ0v) is 9.13. The van der Waals surface area contributed by atoms with Crippen LogP contribution >= 0.6 is 42.1 Å². The standard InChI is InChI=1S/C6H4INOS2/c7-10-4-2-5-6(11-8)1-3-9-5/h1,3H,8H2. The van der Waals surface area contributed by atoms with E-state index < -0.39 is 0 Å². The average molecular weight is 297 g/mol. The van der Waals surface area contributed by atoms with Crippen LogP contribution in [0.3, 0.4) is 0 Å². The quantitative estimate of drug-likeness (QED) is 0.491. The topological polar surface area (TPSA) is 39.2 Å². The van der Waals surface area contributed by atoms with E-state index in [9.17, 15) is 0 Å². The average Bonchev–Trinajstić information content (AvgIpc) is 2.47. The van der Waals surface area contributed by atoms with Crippen molar-refractivity contribution in [1.29, 1.82) is 0 Å². The lowest BCUT2D eigenvalue weighted by Gasteiger charge is -1.86. The lowest BCUT2D eigenvalue weighted by Crippen LogP contribution is -1.78. The Morgan fingerprint density at radius 1 is 1.64 bits per heavy atom. The molecule has 2 N–H and O–H groups in total. The minimum absolute atomic E-state index is 0.640. The van der Waals surface area contributed by atoms with Crippen LogP contribution in [0.15, 0.2) is 21.6 Å². The summed E-state index contributed by atoms with van der Waals surface area (Å²) in [6.07, 6.45) is 1.58. The number of halogens is 1. The molecule has 0 radical (unpaired) electrons. The van der Waals surface area contributed by atoms with Gasteiger partial charge in [-0.3, -0.25) is 5.14 Å². The summed E-state index contributed by atoms with van der Waals surface area (Å²) < 4.78 is 5.07. The highest BCUT2D eigenvalue weighted by Crippen LogP contribution is 2.18. The van der Waals surface area contributed by atoms with Crippen molar-refractivity contribution >= 4 is 42.1 Å². The molecule has 0 fully saturated rings. The van der Waals surface area contributed by atoms with Gasteiger partial charge in [-0.25, -0.2) is 0 Å². The first-order valence-corrected chi connectivity index (χ1v) is 6.85. The van der Waals surface area contributed by atoms with Gasteiger partial charge in [0.2, 0.25) is 0 Å². The Labute approximate surface area is 85.4 Å². The van der Waals surface area contributed by atoms with Crippen molar-refractivity contribution in [2.24, 2.45) is 5.14 Å². The van der Waals surface area contributed by atoms with Crippen LogP contribution in [0.2, 0.25) is 0 Å². The van der Waals surface area contributed by atoms with Crippen molar-refractivity contribution in [3.8, 4) is 11.2 Å². The van der Waals surface area contributed by atoms with E-state index >= 15 is 0 Å². The maximum absolute atomic E-state index is 5.35. The van der Waals surface area contributed by atoms with Crippen molar-refractivity contribution in [2.45, 2.75) is 4.90 Å². The third-order valence-electron chi connectivity index (χ3n) is 0.959. The zero-order chi connectivity index (χ0) is 8.10. The van der Waals surface area contributed by atoms with Crippen LogP contribution in [0.1, 0.15) is 5.76 Å². The molecule has 1 aromatic heterocycles. The minimum atomic E-state index is 0.640. The molecule has 0 bridgehead atoms. The molecule has 5 heteroatoms. The molecule has 1 rings (SSSR count). The van der Waals surface area contributed by atoms with Crippen LogP contribution in [0.4, 0.5) is 0 Å². The maximum Gasteiger partial charge on any atom is 0.192 e. The van der Waals surface area contributed by atoms with Crippen LogP contribution in [0.25, 0.3) is 0 Å². The van der Waals surface area contributed by atoms with Gasteiger partial charge >= 0.3 is 0 Å². The van der Waals surface area contributed by atoms with Crippen LogP contribution in [0, 0.1) is 11.2 Å². The van der Waals surface area contributed by atoms with Gasteiger partial charge in [0.05, 0.1) is 11.2 Å². The van der Waals surface area contributed by atoms with Crippen molar-refractivity contribution in [3.05, 3.63) is 18.1 Å². The molecule has 0 atom stereocenters. The second kappa shape index (κ2) is 4.98. The highest BCUT2D eigenvalue weighted by Gasteiger charge is 2.00. The number of nitrogens with two attached hydrogens (primary N) is 1. The summed E-state index contributed by atoms with van der Waals surface area (Å²) in [5.41, 5.74) is 0. The molecular weight excluding hydrogens is 293 g/mol. The second-order valence-corrected chi connectivity index (χ2v) is 3.89. The summed E-state index contributed by atoms with van der Waals surface area (Å²) in [7, 11) is 1.42. The molecule has 0 aliphatic heterocycles. The molecule has 2 nitrogen and oxygen atoms in total. The van der Waals surface area contributed by atoms with Crippen LogP contribution in [-0.2, 0) is 0 Å². The minimum Gasteiger partial charge on any atom is -0.455 e. The Morgan fingerprint density at radius 3 is 3.09 bits per heavy atom. The van der Waals surface area contributed by atoms with Gasteiger partial charge in [0.1, 0.15) is 0 Å². The number of hydrogen-bond acceptors (Lipinski definition) is 4. The van der Waals surface area contributed by atoms with Crippen LogP contribution in [0.5, 0.6) is 0 Å². The Kier molecular flexibility index (Phi) is 4.22. The summed E-state index contributed by atoms with van der Waals surface area (Å²) in [5, 5.41) is 8.16. The summed E-state index contributed by atoms with van der Waals surface area (Å²) in [5.74, 6) is 3.47. The van der Waals surface area contributed by atoms with E-state index in [4.69, 9.17) is 9.56 Å². The third-order valence-corrected chi connectivity index (χ3v) is 2.37. The molecule has 11 heavy (non-hydrogen) atoms. The number of rotatable bonds is 1. The Hall–Kier alpha value is 0.230. The fraction of sp³-hybridized carbons (Fsp3) is 0. The van der Waals surface area contributed by atoms with Crippen molar-refractivity contribution in [1.82, 2.24) is 0 Å². The molecular formula is C6H4INOS2. The summed E-state index contributed by atoms with van der Waals surface area (Å²) in [6.45, 7) is 0. The van der Waals surface area contributed by atoms with E-state index in [1.165, 1.54) is 8.93 Å². The fourth-order valence-electron chi connectivity index (χ4n) is 0.547. The van der Waals surface area contributed by atoms with Gasteiger partial charge < -0.3 is 4.42 Å². The van der Waals surface area contributed by atoms with E-state index in [1.54, 1.807) is 12.3 Å².